The van der Waals surface area contributed by atoms with Crippen molar-refractivity contribution in [1.82, 2.24) is 0 Å². The maximum Gasteiger partial charge on any atom is 0.142 e. The Kier molecular flexibility index (Phi) is 8.51. The molecule has 0 radical (unpaired) electrons. The number of nitrogen functional groups attached to an aromatic ring is 1. The molecule has 0 spiro atoms. The van der Waals surface area contributed by atoms with Crippen LogP contribution in [0, 0.1) is 0 Å². The number of anilines is 1. The molecule has 0 fully saturated rings. The summed E-state index contributed by atoms with van der Waals surface area (Å²) in [6.45, 7) is 3.03. The largest absolute Gasteiger partial charge is 0.491 e. The summed E-state index contributed by atoms with van der Waals surface area (Å²) >= 11 is 0. The number of hydrogen-bond donors (Lipinski definition) is 1. The first-order chi connectivity index (χ1) is 11.8. The van der Waals surface area contributed by atoms with Gasteiger partial charge in [-0.3, -0.25) is 0 Å². The van der Waals surface area contributed by atoms with Gasteiger partial charge in [0.1, 0.15) is 5.75 Å². The van der Waals surface area contributed by atoms with Crippen molar-refractivity contribution in [2.75, 3.05) is 12.3 Å². The van der Waals surface area contributed by atoms with E-state index in [1.54, 1.807) is 0 Å². The molecule has 0 heterocycles. The molecule has 2 heteroatoms. The molecule has 0 saturated heterocycles. The quantitative estimate of drug-likeness (QED) is 0.347. The third-order valence-electron chi connectivity index (χ3n) is 4.63. The van der Waals surface area contributed by atoms with Crippen LogP contribution in [0.25, 0.3) is 10.8 Å². The van der Waals surface area contributed by atoms with Crippen LogP contribution < -0.4 is 10.5 Å². The van der Waals surface area contributed by atoms with Crippen molar-refractivity contribution in [2.45, 2.75) is 71.1 Å². The lowest BCUT2D eigenvalue weighted by Crippen LogP contribution is -2.00. The predicted octanol–water partition coefficient (Wildman–Crippen LogP) is 6.72. The fraction of sp³-hybridized carbons (Fsp3) is 0.545. The van der Waals surface area contributed by atoms with Gasteiger partial charge in [-0.05, 0) is 29.3 Å². The first kappa shape index (κ1) is 18.6. The topological polar surface area (TPSA) is 35.2 Å². The van der Waals surface area contributed by atoms with E-state index in [0.29, 0.717) is 0 Å². The number of fused-ring (bicyclic) bond motifs is 1. The minimum absolute atomic E-state index is 0.737. The highest BCUT2D eigenvalue weighted by Gasteiger charge is 2.03. The molecule has 2 nitrogen and oxygen atoms in total. The van der Waals surface area contributed by atoms with Crippen LogP contribution in [-0.2, 0) is 0 Å². The summed E-state index contributed by atoms with van der Waals surface area (Å²) in [5, 5.41) is 2.35. The van der Waals surface area contributed by atoms with E-state index in [9.17, 15) is 0 Å². The predicted molar refractivity (Wildman–Crippen MR) is 106 cm³/mol. The lowest BCUT2D eigenvalue weighted by molar-refractivity contribution is 0.306. The van der Waals surface area contributed by atoms with Gasteiger partial charge >= 0.3 is 0 Å². The molecule has 0 saturated carbocycles. The van der Waals surface area contributed by atoms with E-state index in [1.165, 1.54) is 68.6 Å². The van der Waals surface area contributed by atoms with Gasteiger partial charge in [-0.15, -0.1) is 0 Å². The van der Waals surface area contributed by atoms with Crippen LogP contribution in [-0.4, -0.2) is 6.61 Å². The number of rotatable bonds is 12. The molecule has 24 heavy (non-hydrogen) atoms. The van der Waals surface area contributed by atoms with E-state index < -0.39 is 0 Å². The van der Waals surface area contributed by atoms with Crippen molar-refractivity contribution in [1.29, 1.82) is 0 Å². The third kappa shape index (κ3) is 6.43. The van der Waals surface area contributed by atoms with Crippen LogP contribution in [0.15, 0.2) is 36.4 Å². The minimum Gasteiger partial charge on any atom is -0.491 e. The second-order valence-corrected chi connectivity index (χ2v) is 6.77. The highest BCUT2D eigenvalue weighted by atomic mass is 16.5. The van der Waals surface area contributed by atoms with Gasteiger partial charge in [0.05, 0.1) is 12.3 Å². The molecule has 2 N–H and O–H groups in total. The smallest absolute Gasteiger partial charge is 0.142 e. The van der Waals surface area contributed by atoms with Crippen molar-refractivity contribution < 1.29 is 4.74 Å². The zero-order valence-electron chi connectivity index (χ0n) is 15.2. The molecule has 0 amide bonds. The monoisotopic (exact) mass is 327 g/mol. The fourth-order valence-corrected chi connectivity index (χ4v) is 3.13. The van der Waals surface area contributed by atoms with Crippen LogP contribution in [0.1, 0.15) is 71.1 Å². The maximum absolute atomic E-state index is 6.09. The Labute approximate surface area is 147 Å². The molecule has 2 aromatic rings. The Balaban J connectivity index is 1.57. The molecule has 0 aliphatic carbocycles. The molecule has 0 aliphatic heterocycles. The fourth-order valence-electron chi connectivity index (χ4n) is 3.13. The Morgan fingerprint density at radius 2 is 1.29 bits per heavy atom. The van der Waals surface area contributed by atoms with Crippen molar-refractivity contribution in [3.8, 4) is 5.75 Å². The number of benzene rings is 2. The minimum atomic E-state index is 0.737. The van der Waals surface area contributed by atoms with Crippen molar-refractivity contribution in [2.24, 2.45) is 0 Å². The van der Waals surface area contributed by atoms with Gasteiger partial charge in [0, 0.05) is 0 Å². The summed E-state index contributed by atoms with van der Waals surface area (Å²) in [5.41, 5.74) is 6.83. The van der Waals surface area contributed by atoms with Gasteiger partial charge < -0.3 is 10.5 Å². The van der Waals surface area contributed by atoms with Gasteiger partial charge in [0.25, 0.3) is 0 Å². The molecule has 0 aromatic heterocycles. The van der Waals surface area contributed by atoms with Gasteiger partial charge in [0.2, 0.25) is 0 Å². The van der Waals surface area contributed by atoms with Gasteiger partial charge in [-0.1, -0.05) is 89.0 Å². The Hall–Kier alpha value is -1.70. The van der Waals surface area contributed by atoms with Crippen LogP contribution in [0.3, 0.4) is 0 Å². The molecule has 0 atom stereocenters. The molecular formula is C22H33NO. The SMILES string of the molecule is CCCCCCCCCCCCOc1cc2ccccc2cc1N. The Morgan fingerprint density at radius 3 is 1.92 bits per heavy atom. The van der Waals surface area contributed by atoms with Crippen LogP contribution in [0.2, 0.25) is 0 Å². The zero-order chi connectivity index (χ0) is 17.0. The lowest BCUT2D eigenvalue weighted by atomic mass is 10.1. The van der Waals surface area contributed by atoms with E-state index in [0.717, 1.165) is 24.5 Å². The normalized spacial score (nSPS) is 11.0. The van der Waals surface area contributed by atoms with Crippen molar-refractivity contribution in [3.05, 3.63) is 36.4 Å². The molecule has 0 bridgehead atoms. The van der Waals surface area contributed by atoms with E-state index in [2.05, 4.69) is 25.1 Å². The first-order valence-corrected chi connectivity index (χ1v) is 9.72. The van der Waals surface area contributed by atoms with Crippen molar-refractivity contribution in [3.63, 3.8) is 0 Å². The molecule has 2 rings (SSSR count). The number of nitrogens with two attached hydrogens (primary N) is 1. The molecular weight excluding hydrogens is 294 g/mol. The highest BCUT2D eigenvalue weighted by Crippen LogP contribution is 2.28. The summed E-state index contributed by atoms with van der Waals surface area (Å²) in [4.78, 5) is 0. The van der Waals surface area contributed by atoms with E-state index >= 15 is 0 Å². The zero-order valence-corrected chi connectivity index (χ0v) is 15.2. The second-order valence-electron chi connectivity index (χ2n) is 6.77. The number of hydrogen-bond acceptors (Lipinski definition) is 2. The third-order valence-corrected chi connectivity index (χ3v) is 4.63. The first-order valence-electron chi connectivity index (χ1n) is 9.72. The van der Waals surface area contributed by atoms with Gasteiger partial charge in [-0.2, -0.15) is 0 Å². The van der Waals surface area contributed by atoms with Crippen LogP contribution >= 0.6 is 0 Å². The van der Waals surface area contributed by atoms with Crippen molar-refractivity contribution >= 4 is 16.5 Å². The maximum atomic E-state index is 6.09. The molecule has 0 unspecified atom stereocenters. The highest BCUT2D eigenvalue weighted by molar-refractivity contribution is 5.88. The van der Waals surface area contributed by atoms with Gasteiger partial charge in [-0.25, -0.2) is 0 Å². The standard InChI is InChI=1S/C22H33NO/c1-2-3-4-5-6-7-8-9-10-13-16-24-22-18-20-15-12-11-14-19(20)17-21(22)23/h11-12,14-15,17-18H,2-10,13,16,23H2,1H3. The van der Waals surface area contributed by atoms with E-state index in [1.807, 2.05) is 18.2 Å². The summed E-state index contributed by atoms with van der Waals surface area (Å²) in [6, 6.07) is 12.3. The molecule has 0 aliphatic rings. The van der Waals surface area contributed by atoms with Gasteiger partial charge in [0.15, 0.2) is 0 Å². The Morgan fingerprint density at radius 1 is 0.750 bits per heavy atom. The Bertz CT molecular complexity index is 594. The molecule has 2 aromatic carbocycles. The van der Waals surface area contributed by atoms with E-state index in [-0.39, 0.29) is 0 Å². The molecule has 132 valence electrons. The van der Waals surface area contributed by atoms with E-state index in [4.69, 9.17) is 10.5 Å². The second kappa shape index (κ2) is 11.0. The number of unbranched alkanes of at least 4 members (excludes halogenated alkanes) is 9. The van der Waals surface area contributed by atoms with Crippen LogP contribution in [0.4, 0.5) is 5.69 Å². The average Bonchev–Trinajstić information content (AvgIpc) is 2.60. The van der Waals surface area contributed by atoms with Crippen LogP contribution in [0.5, 0.6) is 5.75 Å². The average molecular weight is 328 g/mol. The summed E-state index contributed by atoms with van der Waals surface area (Å²) in [6.07, 6.45) is 13.4. The lowest BCUT2D eigenvalue weighted by Gasteiger charge is -2.10. The summed E-state index contributed by atoms with van der Waals surface area (Å²) < 4.78 is 5.89. The summed E-state index contributed by atoms with van der Waals surface area (Å²) in [7, 11) is 0. The summed E-state index contributed by atoms with van der Waals surface area (Å²) in [5.74, 6) is 0.824. The number of ether oxygens (including phenoxy) is 1.